The molecular weight excluding hydrogens is 326 g/mol. The maximum Gasteiger partial charge on any atom is 0.244 e. The number of amides is 2. The molecule has 2 aromatic carbocycles. The molecule has 0 saturated heterocycles. The molecule has 3 rings (SSSR count). The molecule has 0 aliphatic carbocycles. The first-order chi connectivity index (χ1) is 11.6. The van der Waals surface area contributed by atoms with Gasteiger partial charge in [0.05, 0.1) is 17.9 Å². The Hall–Kier alpha value is -2.37. The van der Waals surface area contributed by atoms with E-state index in [1.807, 2.05) is 49.4 Å². The van der Waals surface area contributed by atoms with Gasteiger partial charge in [0.2, 0.25) is 11.8 Å². The molecule has 2 amide bonds. The highest BCUT2D eigenvalue weighted by molar-refractivity contribution is 6.31. The Morgan fingerprint density at radius 1 is 1.25 bits per heavy atom. The largest absolute Gasteiger partial charge is 0.323 e. The second-order valence-corrected chi connectivity index (χ2v) is 6.08. The van der Waals surface area contributed by atoms with Gasteiger partial charge in [0.25, 0.3) is 0 Å². The highest BCUT2D eigenvalue weighted by Crippen LogP contribution is 2.29. The van der Waals surface area contributed by atoms with Crippen molar-refractivity contribution in [2.45, 2.75) is 13.0 Å². The Bertz CT molecular complexity index is 778. The molecule has 1 aliphatic rings. The third-order valence-electron chi connectivity index (χ3n) is 4.00. The summed E-state index contributed by atoms with van der Waals surface area (Å²) in [4.78, 5) is 25.9. The number of rotatable bonds is 4. The van der Waals surface area contributed by atoms with Crippen LogP contribution >= 0.6 is 11.6 Å². The predicted molar refractivity (Wildman–Crippen MR) is 95.3 cm³/mol. The summed E-state index contributed by atoms with van der Waals surface area (Å²) >= 11 is 6.18. The Morgan fingerprint density at radius 3 is 2.75 bits per heavy atom. The van der Waals surface area contributed by atoms with Crippen molar-refractivity contribution in [2.24, 2.45) is 0 Å². The third kappa shape index (κ3) is 3.42. The predicted octanol–water partition coefficient (Wildman–Crippen LogP) is 2.98. The van der Waals surface area contributed by atoms with Crippen LogP contribution in [0.2, 0.25) is 5.02 Å². The second-order valence-electron chi connectivity index (χ2n) is 5.67. The maximum absolute atomic E-state index is 12.6. The van der Waals surface area contributed by atoms with Gasteiger partial charge in [-0.1, -0.05) is 41.9 Å². The van der Waals surface area contributed by atoms with Gasteiger partial charge >= 0.3 is 0 Å². The molecule has 0 radical (unpaired) electrons. The maximum atomic E-state index is 12.6. The van der Waals surface area contributed by atoms with Crippen molar-refractivity contribution in [1.29, 1.82) is 0 Å². The zero-order valence-electron chi connectivity index (χ0n) is 13.3. The Balaban J connectivity index is 1.70. The summed E-state index contributed by atoms with van der Waals surface area (Å²) in [6, 6.07) is 14.7. The molecule has 1 aliphatic heterocycles. The van der Waals surface area contributed by atoms with Gasteiger partial charge in [-0.2, -0.15) is 0 Å². The molecule has 0 unspecified atom stereocenters. The number of para-hydroxylation sites is 2. The van der Waals surface area contributed by atoms with Gasteiger partial charge in [-0.3, -0.25) is 14.5 Å². The Kier molecular flexibility index (Phi) is 4.83. The van der Waals surface area contributed by atoms with E-state index >= 15 is 0 Å². The highest BCUT2D eigenvalue weighted by Gasteiger charge is 2.26. The van der Waals surface area contributed by atoms with Crippen LogP contribution < -0.4 is 15.5 Å². The zero-order valence-corrected chi connectivity index (χ0v) is 14.0. The first-order valence-corrected chi connectivity index (χ1v) is 8.11. The van der Waals surface area contributed by atoms with Crippen LogP contribution in [0.5, 0.6) is 0 Å². The van der Waals surface area contributed by atoms with Crippen LogP contribution in [0.3, 0.4) is 0 Å². The van der Waals surface area contributed by atoms with Crippen molar-refractivity contribution >= 4 is 34.8 Å². The molecule has 0 aromatic heterocycles. The smallest absolute Gasteiger partial charge is 0.244 e. The fourth-order valence-corrected chi connectivity index (χ4v) is 3.03. The number of carbonyl (C=O) groups excluding carboxylic acids is 2. The van der Waals surface area contributed by atoms with Gasteiger partial charge in [0.1, 0.15) is 6.54 Å². The number of carbonyl (C=O) groups is 2. The standard InChI is InChI=1S/C18H18ClN3O2/c1-12(13-6-2-3-7-14(13)19)20-10-18(24)22-11-17(23)21-15-8-4-5-9-16(15)22/h2-9,12,20H,10-11H2,1H3,(H,21,23)/t12-/m0/s1. The molecule has 1 atom stereocenters. The molecule has 0 bridgehead atoms. The summed E-state index contributed by atoms with van der Waals surface area (Å²) in [5, 5.41) is 6.61. The van der Waals surface area contributed by atoms with E-state index in [-0.39, 0.29) is 30.9 Å². The van der Waals surface area contributed by atoms with E-state index in [9.17, 15) is 9.59 Å². The van der Waals surface area contributed by atoms with E-state index in [0.717, 1.165) is 5.56 Å². The average molecular weight is 344 g/mol. The summed E-state index contributed by atoms with van der Waals surface area (Å²) in [5.41, 5.74) is 2.30. The summed E-state index contributed by atoms with van der Waals surface area (Å²) in [7, 11) is 0. The number of fused-ring (bicyclic) bond motifs is 1. The lowest BCUT2D eigenvalue weighted by molar-refractivity contribution is -0.121. The van der Waals surface area contributed by atoms with E-state index < -0.39 is 0 Å². The normalized spacial score (nSPS) is 14.8. The van der Waals surface area contributed by atoms with Crippen LogP contribution in [-0.4, -0.2) is 24.9 Å². The summed E-state index contributed by atoms with van der Waals surface area (Å²) < 4.78 is 0. The highest BCUT2D eigenvalue weighted by atomic mass is 35.5. The van der Waals surface area contributed by atoms with Gasteiger partial charge < -0.3 is 10.6 Å². The minimum absolute atomic E-state index is 0.0258. The lowest BCUT2D eigenvalue weighted by Crippen LogP contribution is -2.46. The van der Waals surface area contributed by atoms with E-state index in [2.05, 4.69) is 10.6 Å². The van der Waals surface area contributed by atoms with E-state index in [0.29, 0.717) is 16.4 Å². The number of nitrogens with one attached hydrogen (secondary N) is 2. The van der Waals surface area contributed by atoms with Crippen molar-refractivity contribution in [3.8, 4) is 0 Å². The van der Waals surface area contributed by atoms with Crippen molar-refractivity contribution in [1.82, 2.24) is 5.32 Å². The molecule has 0 fully saturated rings. The number of benzene rings is 2. The van der Waals surface area contributed by atoms with Crippen LogP contribution in [0.25, 0.3) is 0 Å². The van der Waals surface area contributed by atoms with Gasteiger partial charge in [0, 0.05) is 11.1 Å². The molecule has 2 N–H and O–H groups in total. The fourth-order valence-electron chi connectivity index (χ4n) is 2.73. The number of hydrogen-bond donors (Lipinski definition) is 2. The van der Waals surface area contributed by atoms with Crippen LogP contribution in [0.15, 0.2) is 48.5 Å². The molecule has 2 aromatic rings. The summed E-state index contributed by atoms with van der Waals surface area (Å²) in [6.07, 6.45) is 0. The van der Waals surface area contributed by atoms with Gasteiger partial charge in [-0.05, 0) is 30.7 Å². The second kappa shape index (κ2) is 7.03. The van der Waals surface area contributed by atoms with Gasteiger partial charge in [-0.15, -0.1) is 0 Å². The molecule has 1 heterocycles. The van der Waals surface area contributed by atoms with Crippen LogP contribution in [0, 0.1) is 0 Å². The molecule has 6 heteroatoms. The van der Waals surface area contributed by atoms with E-state index in [4.69, 9.17) is 11.6 Å². The summed E-state index contributed by atoms with van der Waals surface area (Å²) in [5.74, 6) is -0.350. The first-order valence-electron chi connectivity index (χ1n) is 7.73. The zero-order chi connectivity index (χ0) is 17.1. The third-order valence-corrected chi connectivity index (χ3v) is 4.35. The Morgan fingerprint density at radius 2 is 1.96 bits per heavy atom. The van der Waals surface area contributed by atoms with Gasteiger partial charge in [-0.25, -0.2) is 0 Å². The van der Waals surface area contributed by atoms with Crippen molar-refractivity contribution in [3.05, 3.63) is 59.1 Å². The van der Waals surface area contributed by atoms with Crippen LogP contribution in [0.4, 0.5) is 11.4 Å². The SMILES string of the molecule is C[C@H](NCC(=O)N1CC(=O)Nc2ccccc21)c1ccccc1Cl. The minimum atomic E-state index is -0.193. The molecule has 0 saturated carbocycles. The molecule has 0 spiro atoms. The van der Waals surface area contributed by atoms with E-state index in [1.165, 1.54) is 4.90 Å². The fraction of sp³-hybridized carbons (Fsp3) is 0.222. The lowest BCUT2D eigenvalue weighted by atomic mass is 10.1. The number of nitrogens with zero attached hydrogens (tertiary/aromatic N) is 1. The molecule has 5 nitrogen and oxygen atoms in total. The van der Waals surface area contributed by atoms with Crippen LogP contribution in [0.1, 0.15) is 18.5 Å². The molecular formula is C18H18ClN3O2. The first kappa shape index (κ1) is 16.5. The monoisotopic (exact) mass is 343 g/mol. The lowest BCUT2D eigenvalue weighted by Gasteiger charge is -2.29. The number of anilines is 2. The number of hydrogen-bond acceptors (Lipinski definition) is 3. The summed E-state index contributed by atoms with van der Waals surface area (Å²) in [6.45, 7) is 2.09. The topological polar surface area (TPSA) is 61.4 Å². The van der Waals surface area contributed by atoms with Crippen molar-refractivity contribution in [3.63, 3.8) is 0 Å². The molecule has 124 valence electrons. The minimum Gasteiger partial charge on any atom is -0.323 e. The van der Waals surface area contributed by atoms with Gasteiger partial charge in [0.15, 0.2) is 0 Å². The quantitative estimate of drug-likeness (QED) is 0.897. The van der Waals surface area contributed by atoms with E-state index in [1.54, 1.807) is 6.07 Å². The number of halogens is 1. The molecule has 24 heavy (non-hydrogen) atoms. The van der Waals surface area contributed by atoms with Crippen molar-refractivity contribution in [2.75, 3.05) is 23.3 Å². The van der Waals surface area contributed by atoms with Crippen LogP contribution in [-0.2, 0) is 9.59 Å². The average Bonchev–Trinajstić information content (AvgIpc) is 2.59. The van der Waals surface area contributed by atoms with Crippen molar-refractivity contribution < 1.29 is 9.59 Å². The Labute approximate surface area is 145 Å².